The molecule has 1 unspecified atom stereocenters. The molecule has 2 N–H and O–H groups in total. The first-order chi connectivity index (χ1) is 8.70. The Bertz CT molecular complexity index is 416. The molecule has 18 heavy (non-hydrogen) atoms. The van der Waals surface area contributed by atoms with Gasteiger partial charge in [0.25, 0.3) is 5.91 Å². The van der Waals surface area contributed by atoms with Crippen LogP contribution in [-0.4, -0.2) is 48.1 Å². The van der Waals surface area contributed by atoms with Crippen LogP contribution in [0.15, 0.2) is 22.8 Å². The van der Waals surface area contributed by atoms with Gasteiger partial charge in [0.2, 0.25) is 5.91 Å². The average Bonchev–Trinajstić information content (AvgIpc) is 3.05. The first-order valence-corrected chi connectivity index (χ1v) is 5.91. The van der Waals surface area contributed by atoms with E-state index in [2.05, 4.69) is 5.32 Å². The van der Waals surface area contributed by atoms with E-state index >= 15 is 0 Å². The second kappa shape index (κ2) is 5.68. The lowest BCUT2D eigenvalue weighted by atomic mass is 10.1. The van der Waals surface area contributed by atoms with Crippen LogP contribution in [0.5, 0.6) is 0 Å². The minimum Gasteiger partial charge on any atom is -0.459 e. The van der Waals surface area contributed by atoms with Crippen molar-refractivity contribution in [3.8, 4) is 0 Å². The fraction of sp³-hybridized carbons (Fsp3) is 0.500. The molecule has 1 aliphatic heterocycles. The number of nitrogens with one attached hydrogen (secondary N) is 1. The van der Waals surface area contributed by atoms with Crippen LogP contribution in [0, 0.1) is 5.92 Å². The molecular weight excluding hydrogens is 236 g/mol. The zero-order chi connectivity index (χ0) is 13.0. The number of furan rings is 1. The number of hydrogen-bond acceptors (Lipinski definition) is 4. The number of amides is 2. The molecule has 0 spiro atoms. The maximum absolute atomic E-state index is 11.8. The molecular formula is C12H16N2O4. The first kappa shape index (κ1) is 12.6. The predicted octanol–water partition coefficient (Wildman–Crippen LogP) is -0.150. The second-order valence-corrected chi connectivity index (χ2v) is 4.34. The highest BCUT2D eigenvalue weighted by molar-refractivity contribution is 5.94. The highest BCUT2D eigenvalue weighted by Gasteiger charge is 2.25. The number of aliphatic hydroxyl groups is 1. The Hall–Kier alpha value is -1.82. The summed E-state index contributed by atoms with van der Waals surface area (Å²) in [5.74, 6) is -0.177. The van der Waals surface area contributed by atoms with Gasteiger partial charge in [-0.1, -0.05) is 0 Å². The van der Waals surface area contributed by atoms with Crippen LogP contribution in [0.4, 0.5) is 0 Å². The zero-order valence-electron chi connectivity index (χ0n) is 9.96. The molecule has 0 bridgehead atoms. The number of rotatable bonds is 4. The molecule has 1 aromatic rings. The Labute approximate surface area is 105 Å². The lowest BCUT2D eigenvalue weighted by Gasteiger charge is -2.16. The van der Waals surface area contributed by atoms with Gasteiger partial charge in [-0.15, -0.1) is 0 Å². The van der Waals surface area contributed by atoms with Crippen LogP contribution in [0.1, 0.15) is 17.0 Å². The van der Waals surface area contributed by atoms with E-state index in [9.17, 15) is 9.59 Å². The lowest BCUT2D eigenvalue weighted by molar-refractivity contribution is -0.129. The van der Waals surface area contributed by atoms with Crippen molar-refractivity contribution >= 4 is 11.8 Å². The van der Waals surface area contributed by atoms with Crippen molar-refractivity contribution in [2.24, 2.45) is 5.92 Å². The molecule has 1 saturated heterocycles. The van der Waals surface area contributed by atoms with Crippen molar-refractivity contribution in [1.29, 1.82) is 0 Å². The largest absolute Gasteiger partial charge is 0.459 e. The lowest BCUT2D eigenvalue weighted by Crippen LogP contribution is -2.39. The van der Waals surface area contributed by atoms with E-state index in [1.165, 1.54) is 12.3 Å². The number of carbonyl (C=O) groups is 2. The van der Waals surface area contributed by atoms with E-state index in [1.54, 1.807) is 11.0 Å². The van der Waals surface area contributed by atoms with Crippen molar-refractivity contribution in [3.63, 3.8) is 0 Å². The summed E-state index contributed by atoms with van der Waals surface area (Å²) >= 11 is 0. The van der Waals surface area contributed by atoms with Gasteiger partial charge in [-0.3, -0.25) is 9.59 Å². The van der Waals surface area contributed by atoms with Gasteiger partial charge in [0.15, 0.2) is 5.76 Å². The number of carbonyl (C=O) groups excluding carboxylic acids is 2. The molecule has 2 heterocycles. The number of likely N-dealkylation sites (tertiary alicyclic amines) is 1. The van der Waals surface area contributed by atoms with E-state index in [0.29, 0.717) is 13.1 Å². The summed E-state index contributed by atoms with van der Waals surface area (Å²) in [6, 6.07) is 3.15. The molecule has 6 nitrogen and oxygen atoms in total. The summed E-state index contributed by atoms with van der Waals surface area (Å²) in [7, 11) is 0. The number of hydrogen-bond donors (Lipinski definition) is 2. The van der Waals surface area contributed by atoms with Crippen LogP contribution >= 0.6 is 0 Å². The van der Waals surface area contributed by atoms with Crippen LogP contribution in [0.3, 0.4) is 0 Å². The SMILES string of the molecule is O=C(NCC(=O)N1CCC(CO)C1)c1ccco1. The average molecular weight is 252 g/mol. The first-order valence-electron chi connectivity index (χ1n) is 5.91. The van der Waals surface area contributed by atoms with Crippen molar-refractivity contribution < 1.29 is 19.1 Å². The number of aliphatic hydroxyl groups excluding tert-OH is 1. The van der Waals surface area contributed by atoms with E-state index < -0.39 is 5.91 Å². The third kappa shape index (κ3) is 2.89. The Balaban J connectivity index is 1.77. The van der Waals surface area contributed by atoms with Crippen molar-refractivity contribution in [2.75, 3.05) is 26.2 Å². The second-order valence-electron chi connectivity index (χ2n) is 4.34. The molecule has 1 fully saturated rings. The molecule has 1 aromatic heterocycles. The monoisotopic (exact) mass is 252 g/mol. The van der Waals surface area contributed by atoms with E-state index in [0.717, 1.165) is 6.42 Å². The summed E-state index contributed by atoms with van der Waals surface area (Å²) in [6.07, 6.45) is 2.22. The topological polar surface area (TPSA) is 82.8 Å². The zero-order valence-corrected chi connectivity index (χ0v) is 9.96. The Morgan fingerprint density at radius 3 is 3.00 bits per heavy atom. The molecule has 0 aliphatic carbocycles. The van der Waals surface area contributed by atoms with Gasteiger partial charge in [-0.05, 0) is 18.6 Å². The Morgan fingerprint density at radius 1 is 1.56 bits per heavy atom. The van der Waals surface area contributed by atoms with E-state index in [1.807, 2.05) is 0 Å². The van der Waals surface area contributed by atoms with Crippen LogP contribution in [0.2, 0.25) is 0 Å². The molecule has 0 radical (unpaired) electrons. The van der Waals surface area contributed by atoms with Gasteiger partial charge in [0, 0.05) is 25.6 Å². The molecule has 2 rings (SSSR count). The molecule has 1 aliphatic rings. The maximum Gasteiger partial charge on any atom is 0.287 e. The fourth-order valence-corrected chi connectivity index (χ4v) is 1.97. The minimum absolute atomic E-state index is 0.0440. The maximum atomic E-state index is 11.8. The molecule has 2 amide bonds. The van der Waals surface area contributed by atoms with Crippen molar-refractivity contribution in [2.45, 2.75) is 6.42 Å². The van der Waals surface area contributed by atoms with Crippen molar-refractivity contribution in [1.82, 2.24) is 10.2 Å². The predicted molar refractivity (Wildman–Crippen MR) is 62.8 cm³/mol. The summed E-state index contributed by atoms with van der Waals surface area (Å²) < 4.78 is 4.92. The minimum atomic E-state index is -0.397. The van der Waals surface area contributed by atoms with Gasteiger partial charge in [0.1, 0.15) is 0 Å². The smallest absolute Gasteiger partial charge is 0.287 e. The molecule has 98 valence electrons. The van der Waals surface area contributed by atoms with Gasteiger partial charge >= 0.3 is 0 Å². The van der Waals surface area contributed by atoms with Crippen molar-refractivity contribution in [3.05, 3.63) is 24.2 Å². The quantitative estimate of drug-likeness (QED) is 0.780. The van der Waals surface area contributed by atoms with Gasteiger partial charge in [0.05, 0.1) is 12.8 Å². The molecule has 6 heteroatoms. The molecule has 1 atom stereocenters. The van der Waals surface area contributed by atoms with Crippen LogP contribution in [-0.2, 0) is 4.79 Å². The Kier molecular flexibility index (Phi) is 3.99. The van der Waals surface area contributed by atoms with Gasteiger partial charge in [-0.2, -0.15) is 0 Å². The third-order valence-electron chi connectivity index (χ3n) is 3.04. The molecule has 0 saturated carbocycles. The fourth-order valence-electron chi connectivity index (χ4n) is 1.97. The third-order valence-corrected chi connectivity index (χ3v) is 3.04. The summed E-state index contributed by atoms with van der Waals surface area (Å²) in [5, 5.41) is 11.5. The molecule has 0 aromatic carbocycles. The van der Waals surface area contributed by atoms with Gasteiger partial charge < -0.3 is 19.7 Å². The van der Waals surface area contributed by atoms with E-state index in [4.69, 9.17) is 9.52 Å². The van der Waals surface area contributed by atoms with Gasteiger partial charge in [-0.25, -0.2) is 0 Å². The number of nitrogens with zero attached hydrogens (tertiary/aromatic N) is 1. The highest BCUT2D eigenvalue weighted by atomic mass is 16.3. The van der Waals surface area contributed by atoms with E-state index in [-0.39, 0.29) is 30.7 Å². The standard InChI is InChI=1S/C12H16N2O4/c15-8-9-3-4-14(7-9)11(16)6-13-12(17)10-2-1-5-18-10/h1-2,5,9,15H,3-4,6-8H2,(H,13,17). The Morgan fingerprint density at radius 2 is 2.39 bits per heavy atom. The van der Waals surface area contributed by atoms with Crippen LogP contribution < -0.4 is 5.32 Å². The summed E-state index contributed by atoms with van der Waals surface area (Å²) in [4.78, 5) is 25.0. The van der Waals surface area contributed by atoms with Crippen LogP contribution in [0.25, 0.3) is 0 Å². The normalized spacial score (nSPS) is 18.9. The highest BCUT2D eigenvalue weighted by Crippen LogP contribution is 2.14. The summed E-state index contributed by atoms with van der Waals surface area (Å²) in [6.45, 7) is 1.26. The summed E-state index contributed by atoms with van der Waals surface area (Å²) in [5.41, 5.74) is 0.